The fourth-order valence-electron chi connectivity index (χ4n) is 3.32. The lowest BCUT2D eigenvalue weighted by Gasteiger charge is -2.36. The molecule has 1 heterocycles. The second-order valence-corrected chi connectivity index (χ2v) is 6.50. The number of nitrogens with one attached hydrogen (secondary N) is 2. The Bertz CT molecular complexity index is 823. The van der Waals surface area contributed by atoms with Crippen molar-refractivity contribution in [1.29, 1.82) is 5.26 Å². The van der Waals surface area contributed by atoms with Gasteiger partial charge < -0.3 is 20.2 Å². The molecule has 0 aliphatic carbocycles. The van der Waals surface area contributed by atoms with Crippen LogP contribution in [-0.2, 0) is 4.79 Å². The minimum Gasteiger partial charge on any atom is -0.506 e. The first-order valence-corrected chi connectivity index (χ1v) is 8.77. The van der Waals surface area contributed by atoms with E-state index in [1.54, 1.807) is 30.3 Å². The number of phenols is 1. The Hall–Kier alpha value is -3.04. The Labute approximate surface area is 153 Å². The monoisotopic (exact) mass is 351 g/mol. The van der Waals surface area contributed by atoms with Crippen molar-refractivity contribution in [3.63, 3.8) is 0 Å². The van der Waals surface area contributed by atoms with Gasteiger partial charge in [0.15, 0.2) is 6.04 Å². The van der Waals surface area contributed by atoms with Crippen molar-refractivity contribution in [1.82, 2.24) is 0 Å². The van der Waals surface area contributed by atoms with E-state index < -0.39 is 0 Å². The summed E-state index contributed by atoms with van der Waals surface area (Å²) in [5, 5.41) is 22.0. The zero-order valence-corrected chi connectivity index (χ0v) is 14.8. The number of carbonyl (C=O) groups excluding carboxylic acids is 1. The molecule has 1 aliphatic rings. The van der Waals surface area contributed by atoms with Gasteiger partial charge in [-0.2, -0.15) is 5.26 Å². The second-order valence-electron chi connectivity index (χ2n) is 6.50. The van der Waals surface area contributed by atoms with E-state index in [0.29, 0.717) is 11.3 Å². The van der Waals surface area contributed by atoms with E-state index in [4.69, 9.17) is 5.26 Å². The average Bonchev–Trinajstić information content (AvgIpc) is 2.68. The molecule has 1 amide bonds. The zero-order valence-electron chi connectivity index (χ0n) is 14.8. The predicted octanol–water partition coefficient (Wildman–Crippen LogP) is 0.996. The quantitative estimate of drug-likeness (QED) is 0.768. The van der Waals surface area contributed by atoms with E-state index in [1.807, 2.05) is 25.1 Å². The first-order chi connectivity index (χ1) is 12.6. The van der Waals surface area contributed by atoms with Gasteiger partial charge in [0.25, 0.3) is 5.91 Å². The molecular formula is C20H23N4O2+. The summed E-state index contributed by atoms with van der Waals surface area (Å²) in [6.45, 7) is 5.08. The first kappa shape index (κ1) is 17.8. The van der Waals surface area contributed by atoms with Crippen molar-refractivity contribution in [3.05, 3.63) is 54.1 Å². The van der Waals surface area contributed by atoms with Gasteiger partial charge in [0.2, 0.25) is 0 Å². The van der Waals surface area contributed by atoms with Gasteiger partial charge in [-0.3, -0.25) is 4.79 Å². The van der Waals surface area contributed by atoms with Crippen LogP contribution < -0.4 is 15.1 Å². The summed E-state index contributed by atoms with van der Waals surface area (Å²) >= 11 is 0. The molecule has 1 fully saturated rings. The lowest BCUT2D eigenvalue weighted by Crippen LogP contribution is -3.19. The van der Waals surface area contributed by atoms with E-state index in [-0.39, 0.29) is 17.7 Å². The van der Waals surface area contributed by atoms with E-state index in [1.165, 1.54) is 4.90 Å². The van der Waals surface area contributed by atoms with Crippen molar-refractivity contribution < 1.29 is 14.8 Å². The summed E-state index contributed by atoms with van der Waals surface area (Å²) in [5.41, 5.74) is 1.86. The number of para-hydroxylation sites is 3. The van der Waals surface area contributed by atoms with Crippen LogP contribution in [0.3, 0.4) is 0 Å². The number of nitrogens with zero attached hydrogens (tertiary/aromatic N) is 2. The topological polar surface area (TPSA) is 80.8 Å². The minimum atomic E-state index is -0.215. The number of hydrogen-bond acceptors (Lipinski definition) is 4. The number of rotatable bonds is 4. The van der Waals surface area contributed by atoms with E-state index in [2.05, 4.69) is 16.3 Å². The van der Waals surface area contributed by atoms with Crippen LogP contribution in [0.1, 0.15) is 12.5 Å². The number of aromatic hydroxyl groups is 1. The zero-order chi connectivity index (χ0) is 18.5. The highest BCUT2D eigenvalue weighted by Gasteiger charge is 2.30. The van der Waals surface area contributed by atoms with Crippen molar-refractivity contribution in [2.24, 2.45) is 0 Å². The smallest absolute Gasteiger partial charge is 0.282 e. The lowest BCUT2D eigenvalue weighted by atomic mass is 10.1. The molecule has 6 heteroatoms. The van der Waals surface area contributed by atoms with Crippen LogP contribution in [0.2, 0.25) is 0 Å². The summed E-state index contributed by atoms with van der Waals surface area (Å²) in [6, 6.07) is 16.2. The van der Waals surface area contributed by atoms with Crippen LogP contribution in [0, 0.1) is 11.3 Å². The largest absolute Gasteiger partial charge is 0.506 e. The van der Waals surface area contributed by atoms with Gasteiger partial charge in [-0.05, 0) is 31.2 Å². The fourth-order valence-corrected chi connectivity index (χ4v) is 3.32. The molecule has 1 saturated heterocycles. The van der Waals surface area contributed by atoms with Crippen molar-refractivity contribution in [2.45, 2.75) is 13.0 Å². The van der Waals surface area contributed by atoms with Crippen LogP contribution in [0.5, 0.6) is 5.75 Å². The lowest BCUT2D eigenvalue weighted by molar-refractivity contribution is -0.914. The Morgan fingerprint density at radius 2 is 1.85 bits per heavy atom. The standard InChI is InChI=1S/C20H22N4O2/c1-15(20(26)22-17-7-3-2-6-16(17)14-21)23-10-12-24(13-11-23)18-8-4-5-9-19(18)25/h2-9,15,25H,10-13H2,1H3,(H,22,26)/p+1/t15-/m1/s1. The molecule has 134 valence electrons. The number of hydrogen-bond donors (Lipinski definition) is 3. The highest BCUT2D eigenvalue weighted by molar-refractivity contribution is 5.94. The Morgan fingerprint density at radius 3 is 2.54 bits per heavy atom. The molecule has 0 radical (unpaired) electrons. The number of quaternary nitrogens is 1. The van der Waals surface area contributed by atoms with Crippen molar-refractivity contribution in [3.8, 4) is 11.8 Å². The van der Waals surface area contributed by atoms with E-state index in [9.17, 15) is 9.90 Å². The Kier molecular flexibility index (Phi) is 5.40. The van der Waals surface area contributed by atoms with Gasteiger partial charge in [0, 0.05) is 0 Å². The number of piperazine rings is 1. The molecular weight excluding hydrogens is 328 g/mol. The molecule has 26 heavy (non-hydrogen) atoms. The Balaban J connectivity index is 1.60. The molecule has 3 N–H and O–H groups in total. The maximum absolute atomic E-state index is 12.6. The van der Waals surface area contributed by atoms with Gasteiger partial charge in [-0.15, -0.1) is 0 Å². The van der Waals surface area contributed by atoms with Crippen LogP contribution in [0.4, 0.5) is 11.4 Å². The molecule has 0 unspecified atom stereocenters. The summed E-state index contributed by atoms with van der Waals surface area (Å²) in [6.07, 6.45) is 0. The fraction of sp³-hybridized carbons (Fsp3) is 0.300. The molecule has 0 spiro atoms. The number of nitriles is 1. The van der Waals surface area contributed by atoms with Gasteiger partial charge in [-0.25, -0.2) is 0 Å². The van der Waals surface area contributed by atoms with Gasteiger partial charge >= 0.3 is 0 Å². The third kappa shape index (κ3) is 3.79. The maximum atomic E-state index is 12.6. The molecule has 1 aliphatic heterocycles. The number of benzene rings is 2. The summed E-state index contributed by atoms with van der Waals surface area (Å²) in [7, 11) is 0. The Morgan fingerprint density at radius 1 is 1.19 bits per heavy atom. The summed E-state index contributed by atoms with van der Waals surface area (Å²) in [5.74, 6) is 0.202. The SMILES string of the molecule is C[C@H](C(=O)Nc1ccccc1C#N)[NH+]1CCN(c2ccccc2O)CC1. The van der Waals surface area contributed by atoms with Crippen LogP contribution in [-0.4, -0.2) is 43.2 Å². The minimum absolute atomic E-state index is 0.0845. The van der Waals surface area contributed by atoms with E-state index in [0.717, 1.165) is 31.9 Å². The predicted molar refractivity (Wildman–Crippen MR) is 100 cm³/mol. The number of amides is 1. The molecule has 1 atom stereocenters. The molecule has 2 aromatic carbocycles. The van der Waals surface area contributed by atoms with Crippen molar-refractivity contribution >= 4 is 17.3 Å². The normalized spacial score (nSPS) is 15.9. The van der Waals surface area contributed by atoms with Crippen molar-refractivity contribution in [2.75, 3.05) is 36.4 Å². The highest BCUT2D eigenvalue weighted by Crippen LogP contribution is 2.26. The number of carbonyl (C=O) groups is 1. The van der Waals surface area contributed by atoms with Crippen LogP contribution in [0.15, 0.2) is 48.5 Å². The molecule has 0 saturated carbocycles. The highest BCUT2D eigenvalue weighted by atomic mass is 16.3. The third-order valence-electron chi connectivity index (χ3n) is 4.94. The molecule has 0 bridgehead atoms. The van der Waals surface area contributed by atoms with Crippen LogP contribution >= 0.6 is 0 Å². The molecule has 6 nitrogen and oxygen atoms in total. The number of anilines is 2. The van der Waals surface area contributed by atoms with Gasteiger partial charge in [0.05, 0.1) is 43.1 Å². The maximum Gasteiger partial charge on any atom is 0.282 e. The van der Waals surface area contributed by atoms with E-state index >= 15 is 0 Å². The van der Waals surface area contributed by atoms with Gasteiger partial charge in [-0.1, -0.05) is 24.3 Å². The molecule has 0 aromatic heterocycles. The average molecular weight is 351 g/mol. The van der Waals surface area contributed by atoms with Crippen LogP contribution in [0.25, 0.3) is 0 Å². The summed E-state index contributed by atoms with van der Waals surface area (Å²) in [4.78, 5) is 15.9. The number of phenolic OH excluding ortho intramolecular Hbond substituents is 1. The second kappa shape index (κ2) is 7.89. The third-order valence-corrected chi connectivity index (χ3v) is 4.94. The van der Waals surface area contributed by atoms with Gasteiger partial charge in [0.1, 0.15) is 11.8 Å². The molecule has 2 aromatic rings. The summed E-state index contributed by atoms with van der Waals surface area (Å²) < 4.78 is 0. The molecule has 3 rings (SSSR count). The first-order valence-electron chi connectivity index (χ1n) is 8.77.